The Kier molecular flexibility index (Phi) is 2.43. The summed E-state index contributed by atoms with van der Waals surface area (Å²) in [5, 5.41) is 2.62. The van der Waals surface area contributed by atoms with Crippen molar-refractivity contribution < 1.29 is 4.39 Å². The third-order valence-corrected chi connectivity index (χ3v) is 2.63. The van der Waals surface area contributed by atoms with E-state index in [1.165, 1.54) is 23.5 Å². The van der Waals surface area contributed by atoms with Gasteiger partial charge in [0.1, 0.15) is 10.8 Å². The lowest BCUT2D eigenvalue weighted by Gasteiger charge is -1.95. The number of hydrazine groups is 1. The minimum absolute atomic E-state index is 0.248. The summed E-state index contributed by atoms with van der Waals surface area (Å²) in [7, 11) is 0. The maximum absolute atomic E-state index is 12.6. The molecule has 5 heteroatoms. The van der Waals surface area contributed by atoms with Crippen molar-refractivity contribution in [1.29, 1.82) is 0 Å². The summed E-state index contributed by atoms with van der Waals surface area (Å²) in [4.78, 5) is 4.19. The van der Waals surface area contributed by atoms with E-state index in [-0.39, 0.29) is 5.82 Å². The van der Waals surface area contributed by atoms with Gasteiger partial charge in [-0.05, 0) is 24.3 Å². The Morgan fingerprint density at radius 2 is 2.00 bits per heavy atom. The fourth-order valence-electron chi connectivity index (χ4n) is 1.07. The van der Waals surface area contributed by atoms with E-state index in [2.05, 4.69) is 10.4 Å². The van der Waals surface area contributed by atoms with Crippen LogP contribution in [-0.2, 0) is 0 Å². The molecule has 3 N–H and O–H groups in total. The summed E-state index contributed by atoms with van der Waals surface area (Å²) >= 11 is 1.46. The molecule has 2 rings (SSSR count). The van der Waals surface area contributed by atoms with Crippen LogP contribution in [0.25, 0.3) is 10.6 Å². The first-order chi connectivity index (χ1) is 6.79. The Hall–Kier alpha value is -1.46. The number of thiazole rings is 1. The van der Waals surface area contributed by atoms with Crippen LogP contribution in [-0.4, -0.2) is 4.98 Å². The predicted molar refractivity (Wildman–Crippen MR) is 55.3 cm³/mol. The summed E-state index contributed by atoms with van der Waals surface area (Å²) < 4.78 is 12.6. The molecule has 0 amide bonds. The smallest absolute Gasteiger partial charge is 0.151 e. The molecule has 0 saturated heterocycles. The number of hydrogen-bond acceptors (Lipinski definition) is 4. The van der Waals surface area contributed by atoms with Crippen molar-refractivity contribution in [3.8, 4) is 10.6 Å². The van der Waals surface area contributed by atoms with Crippen molar-refractivity contribution in [2.24, 2.45) is 5.84 Å². The van der Waals surface area contributed by atoms with Crippen LogP contribution < -0.4 is 11.3 Å². The molecule has 72 valence electrons. The van der Waals surface area contributed by atoms with Crippen LogP contribution >= 0.6 is 11.3 Å². The largest absolute Gasteiger partial charge is 0.308 e. The fourth-order valence-corrected chi connectivity index (χ4v) is 1.83. The van der Waals surface area contributed by atoms with E-state index in [0.717, 1.165) is 10.6 Å². The Bertz CT molecular complexity index is 424. The summed E-state index contributed by atoms with van der Waals surface area (Å²) in [6, 6.07) is 6.20. The van der Waals surface area contributed by atoms with Crippen molar-refractivity contribution >= 4 is 17.2 Å². The molecule has 14 heavy (non-hydrogen) atoms. The number of nitrogens with two attached hydrogens (primary N) is 1. The van der Waals surface area contributed by atoms with Crippen molar-refractivity contribution in [3.05, 3.63) is 35.5 Å². The molecule has 0 radical (unpaired) electrons. The maximum Gasteiger partial charge on any atom is 0.151 e. The van der Waals surface area contributed by atoms with Crippen molar-refractivity contribution in [1.82, 2.24) is 4.98 Å². The molecule has 0 spiro atoms. The van der Waals surface area contributed by atoms with E-state index in [1.54, 1.807) is 17.5 Å². The monoisotopic (exact) mass is 209 g/mol. The van der Waals surface area contributed by atoms with Crippen molar-refractivity contribution in [2.75, 3.05) is 5.43 Å². The number of aromatic nitrogens is 1. The zero-order valence-electron chi connectivity index (χ0n) is 7.20. The minimum Gasteiger partial charge on any atom is -0.308 e. The molecule has 1 aromatic carbocycles. The highest BCUT2D eigenvalue weighted by atomic mass is 32.1. The van der Waals surface area contributed by atoms with Crippen LogP contribution in [0, 0.1) is 5.82 Å². The zero-order valence-corrected chi connectivity index (χ0v) is 8.01. The van der Waals surface area contributed by atoms with Crippen molar-refractivity contribution in [3.63, 3.8) is 0 Å². The quantitative estimate of drug-likeness (QED) is 0.589. The van der Waals surface area contributed by atoms with Gasteiger partial charge in [0.05, 0.1) is 0 Å². The highest BCUT2D eigenvalue weighted by Gasteiger charge is 2.03. The van der Waals surface area contributed by atoms with E-state index in [4.69, 9.17) is 5.84 Å². The first-order valence-corrected chi connectivity index (χ1v) is 4.85. The van der Waals surface area contributed by atoms with E-state index in [9.17, 15) is 4.39 Å². The second-order valence-corrected chi connectivity index (χ2v) is 3.55. The first-order valence-electron chi connectivity index (χ1n) is 3.97. The van der Waals surface area contributed by atoms with E-state index < -0.39 is 0 Å². The Balaban J connectivity index is 2.34. The second kappa shape index (κ2) is 3.73. The lowest BCUT2D eigenvalue weighted by molar-refractivity contribution is 0.628. The summed E-state index contributed by atoms with van der Waals surface area (Å²) in [5.41, 5.74) is 3.34. The number of benzene rings is 1. The Morgan fingerprint density at radius 3 is 2.57 bits per heavy atom. The zero-order chi connectivity index (χ0) is 9.97. The molecule has 0 fully saturated rings. The van der Waals surface area contributed by atoms with Gasteiger partial charge in [-0.1, -0.05) is 0 Å². The molecule has 0 aliphatic rings. The van der Waals surface area contributed by atoms with Crippen LogP contribution in [0.5, 0.6) is 0 Å². The number of hydrogen-bond donors (Lipinski definition) is 2. The van der Waals surface area contributed by atoms with Gasteiger partial charge in [-0.25, -0.2) is 15.2 Å². The Morgan fingerprint density at radius 1 is 1.29 bits per heavy atom. The SMILES string of the molecule is NNc1csc(-c2ccc(F)cc2)n1. The van der Waals surface area contributed by atoms with Gasteiger partial charge in [-0.2, -0.15) is 0 Å². The standard InChI is InChI=1S/C9H8FN3S/c10-7-3-1-6(2-4-7)9-12-8(13-11)5-14-9/h1-5,13H,11H2. The first kappa shape index (κ1) is 9.11. The van der Waals surface area contributed by atoms with E-state index in [0.29, 0.717) is 5.82 Å². The van der Waals surface area contributed by atoms with Crippen LogP contribution in [0.4, 0.5) is 10.2 Å². The number of nitrogen functional groups attached to an aromatic ring is 1. The van der Waals surface area contributed by atoms with Gasteiger partial charge in [-0.3, -0.25) is 0 Å². The van der Waals surface area contributed by atoms with Gasteiger partial charge in [0.25, 0.3) is 0 Å². The number of nitrogens with one attached hydrogen (secondary N) is 1. The topological polar surface area (TPSA) is 50.9 Å². The summed E-state index contributed by atoms with van der Waals surface area (Å²) in [6.07, 6.45) is 0. The molecule has 0 aliphatic heterocycles. The number of rotatable bonds is 2. The normalized spacial score (nSPS) is 10.1. The van der Waals surface area contributed by atoms with Gasteiger partial charge >= 0.3 is 0 Å². The van der Waals surface area contributed by atoms with Gasteiger partial charge in [0, 0.05) is 10.9 Å². The van der Waals surface area contributed by atoms with Crippen LogP contribution in [0.3, 0.4) is 0 Å². The predicted octanol–water partition coefficient (Wildman–Crippen LogP) is 2.23. The van der Waals surface area contributed by atoms with Crippen LogP contribution in [0.2, 0.25) is 0 Å². The molecule has 2 aromatic rings. The van der Waals surface area contributed by atoms with Gasteiger partial charge in [0.2, 0.25) is 0 Å². The van der Waals surface area contributed by atoms with Crippen LogP contribution in [0.1, 0.15) is 0 Å². The molecule has 0 bridgehead atoms. The molecule has 0 saturated carbocycles. The molecule has 0 unspecified atom stereocenters. The third kappa shape index (κ3) is 1.73. The maximum atomic E-state index is 12.6. The summed E-state index contributed by atoms with van der Waals surface area (Å²) in [5.74, 6) is 5.57. The van der Waals surface area contributed by atoms with Gasteiger partial charge in [0.15, 0.2) is 5.82 Å². The highest BCUT2D eigenvalue weighted by molar-refractivity contribution is 7.13. The lowest BCUT2D eigenvalue weighted by Crippen LogP contribution is -2.06. The second-order valence-electron chi connectivity index (χ2n) is 2.69. The highest BCUT2D eigenvalue weighted by Crippen LogP contribution is 2.25. The minimum atomic E-state index is -0.248. The lowest BCUT2D eigenvalue weighted by atomic mass is 10.2. The fraction of sp³-hybridized carbons (Fsp3) is 0. The van der Waals surface area contributed by atoms with Crippen molar-refractivity contribution in [2.45, 2.75) is 0 Å². The van der Waals surface area contributed by atoms with E-state index >= 15 is 0 Å². The molecule has 3 nitrogen and oxygen atoms in total. The van der Waals surface area contributed by atoms with Crippen LogP contribution in [0.15, 0.2) is 29.6 Å². The van der Waals surface area contributed by atoms with Gasteiger partial charge < -0.3 is 5.43 Å². The molecular weight excluding hydrogens is 201 g/mol. The van der Waals surface area contributed by atoms with E-state index in [1.807, 2.05) is 0 Å². The Labute approximate surface area is 84.4 Å². The molecule has 0 aliphatic carbocycles. The summed E-state index contributed by atoms with van der Waals surface area (Å²) in [6.45, 7) is 0. The third-order valence-electron chi connectivity index (χ3n) is 1.74. The molecule has 0 atom stereocenters. The average Bonchev–Trinajstić information content (AvgIpc) is 2.67. The number of halogens is 1. The van der Waals surface area contributed by atoms with Gasteiger partial charge in [-0.15, -0.1) is 11.3 Å². The molecule has 1 heterocycles. The average molecular weight is 209 g/mol. The molecular formula is C9H8FN3S. The number of nitrogens with zero attached hydrogens (tertiary/aromatic N) is 1. The molecule has 1 aromatic heterocycles. The number of anilines is 1.